The van der Waals surface area contributed by atoms with Gasteiger partial charge in [0, 0.05) is 64.8 Å². The molecule has 4 saturated heterocycles. The predicted molar refractivity (Wildman–Crippen MR) is 285 cm³/mol. The maximum Gasteiger partial charge on any atom is 0.407 e. The third kappa shape index (κ3) is 11.9. The zero-order valence-corrected chi connectivity index (χ0v) is 46.0. The van der Waals surface area contributed by atoms with Gasteiger partial charge < -0.3 is 64.2 Å². The van der Waals surface area contributed by atoms with E-state index < -0.39 is 74.2 Å². The van der Waals surface area contributed by atoms with Gasteiger partial charge in [-0.25, -0.2) is 23.4 Å². The largest absolute Gasteiger partial charge is 0.453 e. The third-order valence-electron chi connectivity index (χ3n) is 15.9. The summed E-state index contributed by atoms with van der Waals surface area (Å²) in [6.45, 7) is 10.3. The van der Waals surface area contributed by atoms with Gasteiger partial charge >= 0.3 is 12.2 Å². The van der Waals surface area contributed by atoms with Crippen LogP contribution < -0.4 is 25.8 Å². The summed E-state index contributed by atoms with van der Waals surface area (Å²) >= 11 is 0. The number of ether oxygens (including phenoxy) is 5. The molecule has 0 saturated carbocycles. The van der Waals surface area contributed by atoms with E-state index in [1.54, 1.807) is 38.0 Å². The van der Waals surface area contributed by atoms with Crippen LogP contribution in [0.2, 0.25) is 25.2 Å². The van der Waals surface area contributed by atoms with Crippen molar-refractivity contribution in [3.63, 3.8) is 0 Å². The highest BCUT2D eigenvalue weighted by Gasteiger charge is 2.44. The summed E-state index contributed by atoms with van der Waals surface area (Å²) in [5.74, 6) is -1.89. The Morgan fingerprint density at radius 3 is 1.91 bits per heavy atom. The molecule has 1 aromatic heterocycles. The smallest absolute Gasteiger partial charge is 0.407 e. The Balaban J connectivity index is 1.08. The van der Waals surface area contributed by atoms with E-state index in [1.807, 2.05) is 35.2 Å². The number of rotatable bonds is 17. The van der Waals surface area contributed by atoms with E-state index in [2.05, 4.69) is 38.9 Å². The Hall–Kier alpha value is -6.36. The lowest BCUT2D eigenvalue weighted by molar-refractivity contribution is -0.141. The van der Waals surface area contributed by atoms with E-state index in [1.165, 1.54) is 45.5 Å². The standard InChI is InChI=1S/C54H73F2N9O10Si/c1-31(72-4)46(60-53(69)74-6)51(67)63-20-10-11-44(63)50(66)57-36-15-12-34(13-16-36)42-18-19-43(65(42)37-27-38(55)48(39(56)28-37)62-21-23-76(8,9)24-22-62)35-14-17-40-41(26-35)59-49(58-40)45-25-33(30-71-3)29-64(45)52(68)47(32(2)73-5)61-54(70)75-7/h12-17,26-28,31-33,42-47H,10-11,18-25,29-30H2,1-9H3,(H,57,66)(H,58,59)(H,60,69)(H,61,70)/t31-,32-,33+,42-,43-,44+,45+,46+,47+/m1/s1. The number of hydrogen-bond donors (Lipinski definition) is 4. The van der Waals surface area contributed by atoms with Gasteiger partial charge in [0.2, 0.25) is 17.7 Å². The molecule has 22 heteroatoms. The summed E-state index contributed by atoms with van der Waals surface area (Å²) in [6, 6.07) is 14.0. The van der Waals surface area contributed by atoms with Crippen molar-refractivity contribution in [2.75, 3.05) is 83.5 Å². The minimum atomic E-state index is -1.43. The number of alkyl carbamates (subject to hydrolysis) is 2. The first-order valence-electron chi connectivity index (χ1n) is 26.2. The summed E-state index contributed by atoms with van der Waals surface area (Å²) in [7, 11) is 5.51. The van der Waals surface area contributed by atoms with Crippen LogP contribution in [0.25, 0.3) is 11.0 Å². The second-order valence-electron chi connectivity index (χ2n) is 21.3. The molecule has 5 heterocycles. The number of amides is 5. The predicted octanol–water partition coefficient (Wildman–Crippen LogP) is 7.44. The van der Waals surface area contributed by atoms with Crippen molar-refractivity contribution in [2.24, 2.45) is 5.92 Å². The SMILES string of the molecule is COC[C@H]1C[C@@H](c2nc3ccc([C@H]4CC[C@H](c5ccc(NC(=O)[C@@H]6CCCN6C(=O)[C@@H](NC(=O)OC)[C@@H](C)OC)cc5)N4c4cc(F)c(N5CC[Si](C)(C)CC5)c(F)c4)cc3[nH]2)N(C(=O)[C@@H](NC(=O)OC)[C@@H](C)OC)C1. The number of hydrogen-bond acceptors (Lipinski definition) is 13. The van der Waals surface area contributed by atoms with Crippen molar-refractivity contribution in [2.45, 2.75) is 120 Å². The molecule has 0 aliphatic carbocycles. The number of carbonyl (C=O) groups excluding carboxylic acids is 5. The van der Waals surface area contributed by atoms with Gasteiger partial charge in [-0.2, -0.15) is 0 Å². The van der Waals surface area contributed by atoms with Crippen LogP contribution in [0.15, 0.2) is 54.6 Å². The topological polar surface area (TPSA) is 209 Å². The molecule has 4 N–H and O–H groups in total. The number of nitrogens with one attached hydrogen (secondary N) is 4. The molecule has 8 rings (SSSR count). The van der Waals surface area contributed by atoms with E-state index in [-0.39, 0.29) is 35.5 Å². The molecule has 0 bridgehead atoms. The Labute approximate surface area is 443 Å². The molecule has 5 amide bonds. The molecule has 4 aromatic rings. The molecule has 3 aromatic carbocycles. The Morgan fingerprint density at radius 1 is 0.750 bits per heavy atom. The number of imidazole rings is 1. The molecule has 9 atom stereocenters. The quantitative estimate of drug-likeness (QED) is 0.0760. The van der Waals surface area contributed by atoms with Gasteiger partial charge in [0.15, 0.2) is 11.6 Å². The number of methoxy groups -OCH3 is 5. The van der Waals surface area contributed by atoms with Crippen molar-refractivity contribution in [3.05, 3.63) is 83.2 Å². The highest BCUT2D eigenvalue weighted by Crippen LogP contribution is 2.49. The average Bonchev–Trinajstić information content (AvgIpc) is 4.27. The highest BCUT2D eigenvalue weighted by molar-refractivity contribution is 6.77. The van der Waals surface area contributed by atoms with Gasteiger partial charge in [0.05, 0.1) is 70.3 Å². The molecular weight excluding hydrogens is 1000 g/mol. The second-order valence-corrected chi connectivity index (χ2v) is 26.6. The van der Waals surface area contributed by atoms with Crippen LogP contribution in [0.5, 0.6) is 0 Å². The van der Waals surface area contributed by atoms with Gasteiger partial charge in [0.1, 0.15) is 29.6 Å². The van der Waals surface area contributed by atoms with Crippen LogP contribution >= 0.6 is 0 Å². The number of H-pyrrole nitrogens is 1. The van der Waals surface area contributed by atoms with Crippen LogP contribution in [0.4, 0.5) is 35.4 Å². The number of likely N-dealkylation sites (tertiary alicyclic amines) is 2. The zero-order valence-electron chi connectivity index (χ0n) is 45.0. The molecule has 4 fully saturated rings. The Kier molecular flexibility index (Phi) is 17.6. The number of aromatic amines is 1. The first-order valence-corrected chi connectivity index (χ1v) is 29.6. The lowest BCUT2D eigenvalue weighted by Gasteiger charge is -2.38. The van der Waals surface area contributed by atoms with E-state index in [4.69, 9.17) is 28.7 Å². The van der Waals surface area contributed by atoms with Crippen LogP contribution in [-0.4, -0.2) is 156 Å². The van der Waals surface area contributed by atoms with Crippen molar-refractivity contribution in [1.29, 1.82) is 0 Å². The van der Waals surface area contributed by atoms with Gasteiger partial charge in [-0.15, -0.1) is 0 Å². The van der Waals surface area contributed by atoms with Crippen molar-refractivity contribution < 1.29 is 56.4 Å². The van der Waals surface area contributed by atoms with Gasteiger partial charge in [-0.05, 0) is 106 Å². The normalized spacial score (nSPS) is 23.0. The first kappa shape index (κ1) is 55.9. The minimum absolute atomic E-state index is 0.00529. The average molecular weight is 1070 g/mol. The third-order valence-corrected chi connectivity index (χ3v) is 19.1. The number of anilines is 3. The summed E-state index contributed by atoms with van der Waals surface area (Å²) in [6.07, 6.45) is -0.107. The Bertz CT molecular complexity index is 2720. The van der Waals surface area contributed by atoms with E-state index in [0.29, 0.717) is 93.1 Å². The molecule has 76 heavy (non-hydrogen) atoms. The molecule has 412 valence electrons. The monoisotopic (exact) mass is 1070 g/mol. The van der Waals surface area contributed by atoms with E-state index in [9.17, 15) is 24.0 Å². The van der Waals surface area contributed by atoms with Crippen molar-refractivity contribution in [1.82, 2.24) is 30.4 Å². The lowest BCUT2D eigenvalue weighted by atomic mass is 10.0. The fourth-order valence-corrected chi connectivity index (χ4v) is 13.4. The molecule has 0 unspecified atom stereocenters. The number of halogens is 2. The van der Waals surface area contributed by atoms with Crippen LogP contribution in [-0.2, 0) is 38.1 Å². The highest BCUT2D eigenvalue weighted by atomic mass is 28.3. The summed E-state index contributed by atoms with van der Waals surface area (Å²) in [4.78, 5) is 82.1. The van der Waals surface area contributed by atoms with Crippen LogP contribution in [0, 0.1) is 17.6 Å². The molecule has 4 aliphatic rings. The fraction of sp³-hybridized carbons (Fsp3) is 0.556. The summed E-state index contributed by atoms with van der Waals surface area (Å²) in [5.41, 5.74) is 4.00. The number of aromatic nitrogens is 2. The molecule has 19 nitrogen and oxygen atoms in total. The van der Waals surface area contributed by atoms with E-state index in [0.717, 1.165) is 23.2 Å². The number of carbonyl (C=O) groups is 5. The van der Waals surface area contributed by atoms with Crippen LogP contribution in [0.1, 0.15) is 81.0 Å². The molecule has 4 aliphatic heterocycles. The fourth-order valence-electron chi connectivity index (χ4n) is 11.4. The van der Waals surface area contributed by atoms with Crippen molar-refractivity contribution in [3.8, 4) is 0 Å². The van der Waals surface area contributed by atoms with Gasteiger partial charge in [-0.3, -0.25) is 14.4 Å². The molecule has 0 spiro atoms. The zero-order chi connectivity index (χ0) is 54.6. The summed E-state index contributed by atoms with van der Waals surface area (Å²) < 4.78 is 59.2. The molecule has 0 radical (unpaired) electrons. The number of benzene rings is 3. The first-order chi connectivity index (χ1) is 36.4. The minimum Gasteiger partial charge on any atom is -0.453 e. The number of fused-ring (bicyclic) bond motifs is 1. The van der Waals surface area contributed by atoms with Gasteiger partial charge in [0.25, 0.3) is 0 Å². The Morgan fingerprint density at radius 2 is 1.33 bits per heavy atom. The van der Waals surface area contributed by atoms with E-state index >= 15 is 8.78 Å². The van der Waals surface area contributed by atoms with Crippen molar-refractivity contribution >= 4 is 66.1 Å². The maximum absolute atomic E-state index is 16.6. The number of nitrogens with zero attached hydrogens (tertiary/aromatic N) is 5. The van der Waals surface area contributed by atoms with Gasteiger partial charge in [-0.1, -0.05) is 31.3 Å². The second kappa shape index (κ2) is 23.9. The van der Waals surface area contributed by atoms with Crippen LogP contribution in [0.3, 0.4) is 0 Å². The maximum atomic E-state index is 16.6. The summed E-state index contributed by atoms with van der Waals surface area (Å²) in [5, 5.41) is 8.16. The molecular formula is C54H73F2N9O10Si. The lowest BCUT2D eigenvalue weighted by Crippen LogP contribution is -2.56.